The quantitative estimate of drug-likeness (QED) is 0.208. The van der Waals surface area contributed by atoms with E-state index in [0.29, 0.717) is 30.9 Å². The number of rotatable bonds is 9. The number of pyridine rings is 1. The third-order valence-corrected chi connectivity index (χ3v) is 11.6. The second kappa shape index (κ2) is 13.2. The lowest BCUT2D eigenvalue weighted by molar-refractivity contribution is -0.124. The standard InChI is InChI=1S/C36H42N8O3S/c1-7-25-16-30-32(10-9-15-39-30)48(46,47)43(20-25)21-27-17-26(12-11-23(27)3)33(36(5,6)35(45)40-28-18-37-22-38-19-28)29-13-14-31-34(24(29)4)41-42-44(31)8-2/h9-15,17-19,22,25,33H,7-8,16,20-21H2,1-6H3,(H,40,45)/t25-,33-/m0/s1. The zero-order chi connectivity index (χ0) is 34.2. The van der Waals surface area contributed by atoms with E-state index in [2.05, 4.69) is 49.6 Å². The lowest BCUT2D eigenvalue weighted by Gasteiger charge is -2.35. The van der Waals surface area contributed by atoms with Gasteiger partial charge in [0.1, 0.15) is 16.7 Å². The van der Waals surface area contributed by atoms with Crippen LogP contribution in [0.15, 0.2) is 72.3 Å². The van der Waals surface area contributed by atoms with Gasteiger partial charge in [-0.1, -0.05) is 56.7 Å². The van der Waals surface area contributed by atoms with Gasteiger partial charge in [-0.15, -0.1) is 5.10 Å². The topological polar surface area (TPSA) is 136 Å². The second-order valence-electron chi connectivity index (χ2n) is 13.2. The van der Waals surface area contributed by atoms with Crippen LogP contribution in [0.1, 0.15) is 73.5 Å². The summed E-state index contributed by atoms with van der Waals surface area (Å²) in [7, 11) is -3.79. The molecule has 5 aromatic rings. The molecule has 1 aliphatic rings. The van der Waals surface area contributed by atoms with Crippen molar-refractivity contribution in [3.05, 3.63) is 101 Å². The number of carbonyl (C=O) groups is 1. The van der Waals surface area contributed by atoms with E-state index < -0.39 is 21.4 Å². The summed E-state index contributed by atoms with van der Waals surface area (Å²) in [6, 6.07) is 13.6. The summed E-state index contributed by atoms with van der Waals surface area (Å²) in [5, 5.41) is 11.9. The summed E-state index contributed by atoms with van der Waals surface area (Å²) in [5.41, 5.74) is 6.49. The molecule has 0 saturated carbocycles. The SMILES string of the molecule is CC[C@H]1Cc2ncccc2S(=O)(=O)N(Cc2cc([C@@H](c3ccc4c(nnn4CC)c3C)C(C)(C)C(=O)Nc3cncnc3)ccc2C)C1. The molecule has 0 saturated heterocycles. The largest absolute Gasteiger partial charge is 0.323 e. The van der Waals surface area contributed by atoms with E-state index >= 15 is 0 Å². The highest BCUT2D eigenvalue weighted by Gasteiger charge is 2.41. The fraction of sp³-hybridized carbons (Fsp3) is 0.389. The van der Waals surface area contributed by atoms with Gasteiger partial charge in [-0.25, -0.2) is 23.1 Å². The molecule has 0 aliphatic carbocycles. The molecule has 11 nitrogen and oxygen atoms in total. The number of benzene rings is 2. The van der Waals surface area contributed by atoms with Crippen molar-refractivity contribution in [2.75, 3.05) is 11.9 Å². The Hall–Kier alpha value is -4.55. The van der Waals surface area contributed by atoms with E-state index in [0.717, 1.165) is 45.3 Å². The molecule has 250 valence electrons. The Morgan fingerprint density at radius 1 is 1.08 bits per heavy atom. The highest BCUT2D eigenvalue weighted by molar-refractivity contribution is 7.89. The lowest BCUT2D eigenvalue weighted by atomic mass is 9.69. The molecule has 1 N–H and O–H groups in total. The van der Waals surface area contributed by atoms with Crippen molar-refractivity contribution in [2.24, 2.45) is 11.3 Å². The number of fused-ring (bicyclic) bond motifs is 2. The summed E-state index contributed by atoms with van der Waals surface area (Å²) in [6.45, 7) is 13.3. The highest BCUT2D eigenvalue weighted by Crippen LogP contribution is 2.45. The van der Waals surface area contributed by atoms with Gasteiger partial charge >= 0.3 is 0 Å². The minimum absolute atomic E-state index is 0.141. The molecule has 2 atom stereocenters. The average molecular weight is 667 g/mol. The van der Waals surface area contributed by atoms with Crippen molar-refractivity contribution in [1.82, 2.24) is 34.3 Å². The summed E-state index contributed by atoms with van der Waals surface area (Å²) < 4.78 is 31.6. The predicted octanol–water partition coefficient (Wildman–Crippen LogP) is 5.82. The van der Waals surface area contributed by atoms with Crippen LogP contribution in [0.25, 0.3) is 11.0 Å². The zero-order valence-electron chi connectivity index (χ0n) is 28.3. The van der Waals surface area contributed by atoms with Gasteiger partial charge < -0.3 is 5.32 Å². The van der Waals surface area contributed by atoms with Crippen molar-refractivity contribution in [1.29, 1.82) is 0 Å². The molecule has 12 heteroatoms. The molecule has 6 rings (SSSR count). The first-order valence-electron chi connectivity index (χ1n) is 16.4. The zero-order valence-corrected chi connectivity index (χ0v) is 29.1. The van der Waals surface area contributed by atoms with Crippen LogP contribution in [-0.2, 0) is 34.3 Å². The normalized spacial score (nSPS) is 17.1. The fourth-order valence-corrected chi connectivity index (χ4v) is 8.51. The van der Waals surface area contributed by atoms with Crippen LogP contribution in [0.3, 0.4) is 0 Å². The third-order valence-electron chi connectivity index (χ3n) is 9.76. The van der Waals surface area contributed by atoms with Crippen molar-refractivity contribution >= 4 is 32.7 Å². The minimum atomic E-state index is -3.79. The number of hydrogen-bond acceptors (Lipinski definition) is 8. The Morgan fingerprint density at radius 2 is 1.85 bits per heavy atom. The van der Waals surface area contributed by atoms with Gasteiger partial charge in [-0.2, -0.15) is 4.31 Å². The van der Waals surface area contributed by atoms with Crippen LogP contribution in [0.5, 0.6) is 0 Å². The first-order chi connectivity index (χ1) is 22.9. The Morgan fingerprint density at radius 3 is 2.58 bits per heavy atom. The maximum Gasteiger partial charge on any atom is 0.245 e. The van der Waals surface area contributed by atoms with Gasteiger partial charge in [0.25, 0.3) is 0 Å². The predicted molar refractivity (Wildman–Crippen MR) is 185 cm³/mol. The van der Waals surface area contributed by atoms with Gasteiger partial charge in [0.15, 0.2) is 0 Å². The van der Waals surface area contributed by atoms with Gasteiger partial charge in [0, 0.05) is 31.7 Å². The molecule has 0 unspecified atom stereocenters. The van der Waals surface area contributed by atoms with E-state index in [4.69, 9.17) is 0 Å². The van der Waals surface area contributed by atoms with E-state index in [9.17, 15) is 13.2 Å². The fourth-order valence-electron chi connectivity index (χ4n) is 6.83. The Bertz CT molecular complexity index is 2080. The number of aromatic nitrogens is 6. The van der Waals surface area contributed by atoms with Gasteiger partial charge in [0.05, 0.1) is 34.7 Å². The van der Waals surface area contributed by atoms with Crippen molar-refractivity contribution in [2.45, 2.75) is 78.3 Å². The second-order valence-corrected chi connectivity index (χ2v) is 15.1. The van der Waals surface area contributed by atoms with E-state index in [1.807, 2.05) is 57.5 Å². The molecule has 0 bridgehead atoms. The summed E-state index contributed by atoms with van der Waals surface area (Å²) in [5.74, 6) is -0.486. The summed E-state index contributed by atoms with van der Waals surface area (Å²) >= 11 is 0. The molecule has 1 aliphatic heterocycles. The van der Waals surface area contributed by atoms with E-state index in [1.165, 1.54) is 6.33 Å². The number of carbonyl (C=O) groups excluding carboxylic acids is 1. The van der Waals surface area contributed by atoms with Gasteiger partial charge in [-0.05, 0) is 79.1 Å². The molecule has 2 aromatic carbocycles. The first-order valence-corrected chi connectivity index (χ1v) is 17.8. The number of aryl methyl sites for hydroxylation is 3. The molecule has 0 spiro atoms. The number of anilines is 1. The molecule has 3 aromatic heterocycles. The molecular formula is C36H42N8O3S. The van der Waals surface area contributed by atoms with E-state index in [-0.39, 0.29) is 23.3 Å². The Kier molecular flexibility index (Phi) is 9.14. The molecule has 1 amide bonds. The number of amides is 1. The van der Waals surface area contributed by atoms with Gasteiger partial charge in [-0.3, -0.25) is 9.78 Å². The molecular weight excluding hydrogens is 625 g/mol. The average Bonchev–Trinajstić information content (AvgIpc) is 3.46. The minimum Gasteiger partial charge on any atom is -0.323 e. The number of sulfonamides is 1. The number of hydrogen-bond donors (Lipinski definition) is 1. The van der Waals surface area contributed by atoms with Crippen LogP contribution in [0, 0.1) is 25.2 Å². The Labute approximate surface area is 281 Å². The highest BCUT2D eigenvalue weighted by atomic mass is 32.2. The molecule has 0 radical (unpaired) electrons. The van der Waals surface area contributed by atoms with E-state index in [1.54, 1.807) is 35.0 Å². The molecule has 4 heterocycles. The number of nitrogens with zero attached hydrogens (tertiary/aromatic N) is 7. The van der Waals surface area contributed by atoms with Crippen molar-refractivity contribution in [3.63, 3.8) is 0 Å². The van der Waals surface area contributed by atoms with Crippen molar-refractivity contribution in [3.8, 4) is 0 Å². The molecule has 48 heavy (non-hydrogen) atoms. The van der Waals surface area contributed by atoms with Crippen LogP contribution in [0.4, 0.5) is 5.69 Å². The monoisotopic (exact) mass is 666 g/mol. The smallest absolute Gasteiger partial charge is 0.245 e. The maximum absolute atomic E-state index is 14.1. The summed E-state index contributed by atoms with van der Waals surface area (Å²) in [6.07, 6.45) is 7.67. The maximum atomic E-state index is 14.1. The van der Waals surface area contributed by atoms with Gasteiger partial charge in [0.2, 0.25) is 15.9 Å². The first kappa shape index (κ1) is 33.4. The third kappa shape index (κ3) is 6.10. The Balaban J connectivity index is 1.46. The van der Waals surface area contributed by atoms with Crippen LogP contribution in [0.2, 0.25) is 0 Å². The summed E-state index contributed by atoms with van der Waals surface area (Å²) in [4.78, 5) is 27.0. The van der Waals surface area contributed by atoms with Crippen LogP contribution in [-0.4, -0.2) is 55.1 Å². The van der Waals surface area contributed by atoms with Crippen LogP contribution < -0.4 is 5.32 Å². The molecule has 0 fully saturated rings. The van der Waals surface area contributed by atoms with Crippen molar-refractivity contribution < 1.29 is 13.2 Å². The van der Waals surface area contributed by atoms with Crippen LogP contribution >= 0.6 is 0 Å². The lowest BCUT2D eigenvalue weighted by Crippen LogP contribution is -2.37. The number of nitrogens with one attached hydrogen (secondary N) is 1.